The van der Waals surface area contributed by atoms with Crippen molar-refractivity contribution in [2.45, 2.75) is 52.0 Å². The van der Waals surface area contributed by atoms with Crippen molar-refractivity contribution in [1.82, 2.24) is 5.32 Å². The molecule has 0 saturated carbocycles. The predicted octanol–water partition coefficient (Wildman–Crippen LogP) is 3.21. The standard InChI is InChI=1S/C16H23NO3/c1-3-4-5-10-15(18)17-14(11-16(19)20)13-9-7-6-8-12(13)2/h6-9,14H,3-5,10-11H2,1-2H3,(H,17,18)(H,19,20). The number of carboxylic acids is 1. The molecular weight excluding hydrogens is 254 g/mol. The fourth-order valence-corrected chi connectivity index (χ4v) is 2.19. The third-order valence-corrected chi connectivity index (χ3v) is 3.29. The summed E-state index contributed by atoms with van der Waals surface area (Å²) in [7, 11) is 0. The highest BCUT2D eigenvalue weighted by atomic mass is 16.4. The van der Waals surface area contributed by atoms with Crippen LogP contribution in [0.4, 0.5) is 0 Å². The Morgan fingerprint density at radius 2 is 1.95 bits per heavy atom. The first-order valence-electron chi connectivity index (χ1n) is 7.11. The summed E-state index contributed by atoms with van der Waals surface area (Å²) in [6.45, 7) is 4.01. The number of hydrogen-bond donors (Lipinski definition) is 2. The second-order valence-corrected chi connectivity index (χ2v) is 5.03. The molecule has 0 radical (unpaired) electrons. The number of nitrogens with one attached hydrogen (secondary N) is 1. The van der Waals surface area contributed by atoms with E-state index in [2.05, 4.69) is 12.2 Å². The molecule has 0 aliphatic rings. The van der Waals surface area contributed by atoms with Crippen LogP contribution in [0.2, 0.25) is 0 Å². The van der Waals surface area contributed by atoms with Crippen LogP contribution < -0.4 is 5.32 Å². The number of carbonyl (C=O) groups excluding carboxylic acids is 1. The van der Waals surface area contributed by atoms with Crippen molar-refractivity contribution in [1.29, 1.82) is 0 Å². The lowest BCUT2D eigenvalue weighted by atomic mass is 9.98. The van der Waals surface area contributed by atoms with Crippen LogP contribution in [0.3, 0.4) is 0 Å². The van der Waals surface area contributed by atoms with E-state index in [-0.39, 0.29) is 12.3 Å². The third-order valence-electron chi connectivity index (χ3n) is 3.29. The van der Waals surface area contributed by atoms with Crippen LogP contribution in [-0.2, 0) is 9.59 Å². The summed E-state index contributed by atoms with van der Waals surface area (Å²) in [4.78, 5) is 22.9. The summed E-state index contributed by atoms with van der Waals surface area (Å²) >= 11 is 0. The molecule has 1 aromatic rings. The number of carbonyl (C=O) groups is 2. The van der Waals surface area contributed by atoms with Gasteiger partial charge in [0.15, 0.2) is 0 Å². The van der Waals surface area contributed by atoms with Crippen molar-refractivity contribution in [2.24, 2.45) is 0 Å². The SMILES string of the molecule is CCCCCC(=O)NC(CC(=O)O)c1ccccc1C. The lowest BCUT2D eigenvalue weighted by Crippen LogP contribution is -2.30. The van der Waals surface area contributed by atoms with Crippen molar-refractivity contribution >= 4 is 11.9 Å². The largest absolute Gasteiger partial charge is 0.481 e. The number of aliphatic carboxylic acids is 1. The molecule has 0 bridgehead atoms. The molecule has 1 atom stereocenters. The summed E-state index contributed by atoms with van der Waals surface area (Å²) in [5, 5.41) is 11.9. The molecule has 1 unspecified atom stereocenters. The molecule has 20 heavy (non-hydrogen) atoms. The molecule has 1 aromatic carbocycles. The van der Waals surface area contributed by atoms with Crippen LogP contribution in [0.5, 0.6) is 0 Å². The maximum atomic E-state index is 11.9. The van der Waals surface area contributed by atoms with Crippen LogP contribution in [0.15, 0.2) is 24.3 Å². The maximum absolute atomic E-state index is 11.9. The van der Waals surface area contributed by atoms with Gasteiger partial charge in [-0.3, -0.25) is 9.59 Å². The highest BCUT2D eigenvalue weighted by molar-refractivity contribution is 5.77. The zero-order valence-electron chi connectivity index (χ0n) is 12.2. The van der Waals surface area contributed by atoms with Crippen molar-refractivity contribution in [3.05, 3.63) is 35.4 Å². The number of aryl methyl sites for hydroxylation is 1. The van der Waals surface area contributed by atoms with E-state index < -0.39 is 12.0 Å². The van der Waals surface area contributed by atoms with Gasteiger partial charge in [0.2, 0.25) is 5.91 Å². The zero-order chi connectivity index (χ0) is 15.0. The minimum atomic E-state index is -0.910. The second-order valence-electron chi connectivity index (χ2n) is 5.03. The van der Waals surface area contributed by atoms with E-state index in [1.54, 1.807) is 0 Å². The first-order valence-corrected chi connectivity index (χ1v) is 7.11. The molecule has 1 rings (SSSR count). The Morgan fingerprint density at radius 1 is 1.25 bits per heavy atom. The summed E-state index contributed by atoms with van der Waals surface area (Å²) in [6, 6.07) is 7.10. The summed E-state index contributed by atoms with van der Waals surface area (Å²) in [5.74, 6) is -0.986. The van der Waals surface area contributed by atoms with Gasteiger partial charge in [-0.1, -0.05) is 44.0 Å². The molecule has 110 valence electrons. The van der Waals surface area contributed by atoms with Crippen LogP contribution in [0.25, 0.3) is 0 Å². The Morgan fingerprint density at radius 3 is 2.55 bits per heavy atom. The van der Waals surface area contributed by atoms with E-state index in [0.717, 1.165) is 30.4 Å². The van der Waals surface area contributed by atoms with Gasteiger partial charge in [0.05, 0.1) is 12.5 Å². The van der Waals surface area contributed by atoms with Crippen molar-refractivity contribution in [3.63, 3.8) is 0 Å². The van der Waals surface area contributed by atoms with Crippen LogP contribution in [0.1, 0.15) is 56.2 Å². The molecule has 1 amide bonds. The Bertz CT molecular complexity index is 457. The molecule has 0 aliphatic heterocycles. The highest BCUT2D eigenvalue weighted by Crippen LogP contribution is 2.21. The van der Waals surface area contributed by atoms with Gasteiger partial charge in [0.1, 0.15) is 0 Å². The highest BCUT2D eigenvalue weighted by Gasteiger charge is 2.19. The van der Waals surface area contributed by atoms with E-state index in [9.17, 15) is 9.59 Å². The number of hydrogen-bond acceptors (Lipinski definition) is 2. The molecule has 0 aliphatic carbocycles. The van der Waals surface area contributed by atoms with Gasteiger partial charge in [-0.2, -0.15) is 0 Å². The van der Waals surface area contributed by atoms with Gasteiger partial charge in [0.25, 0.3) is 0 Å². The van der Waals surface area contributed by atoms with Gasteiger partial charge >= 0.3 is 5.97 Å². The van der Waals surface area contributed by atoms with Gasteiger partial charge in [-0.15, -0.1) is 0 Å². The number of benzene rings is 1. The lowest BCUT2D eigenvalue weighted by Gasteiger charge is -2.19. The molecule has 0 heterocycles. The number of unbranched alkanes of at least 4 members (excludes halogenated alkanes) is 2. The lowest BCUT2D eigenvalue weighted by molar-refractivity contribution is -0.137. The summed E-state index contributed by atoms with van der Waals surface area (Å²) in [6.07, 6.45) is 3.28. The molecule has 0 aromatic heterocycles. The molecule has 4 nitrogen and oxygen atoms in total. The second kappa shape index (κ2) is 8.35. The van der Waals surface area contributed by atoms with E-state index in [0.29, 0.717) is 6.42 Å². The van der Waals surface area contributed by atoms with E-state index in [1.165, 1.54) is 0 Å². The quantitative estimate of drug-likeness (QED) is 0.717. The van der Waals surface area contributed by atoms with Crippen LogP contribution >= 0.6 is 0 Å². The average molecular weight is 277 g/mol. The summed E-state index contributed by atoms with van der Waals surface area (Å²) < 4.78 is 0. The third kappa shape index (κ3) is 5.43. The number of amides is 1. The Balaban J connectivity index is 2.72. The fraction of sp³-hybridized carbons (Fsp3) is 0.500. The minimum Gasteiger partial charge on any atom is -0.481 e. The molecule has 0 spiro atoms. The average Bonchev–Trinajstić information content (AvgIpc) is 2.38. The van der Waals surface area contributed by atoms with E-state index in [1.807, 2.05) is 31.2 Å². The first kappa shape index (κ1) is 16.2. The van der Waals surface area contributed by atoms with Gasteiger partial charge in [0, 0.05) is 6.42 Å². The van der Waals surface area contributed by atoms with Crippen molar-refractivity contribution in [2.75, 3.05) is 0 Å². The monoisotopic (exact) mass is 277 g/mol. The summed E-state index contributed by atoms with van der Waals surface area (Å²) in [5.41, 5.74) is 1.87. The normalized spacial score (nSPS) is 11.9. The van der Waals surface area contributed by atoms with E-state index in [4.69, 9.17) is 5.11 Å². The molecule has 4 heteroatoms. The van der Waals surface area contributed by atoms with Crippen molar-refractivity contribution < 1.29 is 14.7 Å². The predicted molar refractivity (Wildman–Crippen MR) is 78.5 cm³/mol. The van der Waals surface area contributed by atoms with Crippen LogP contribution in [-0.4, -0.2) is 17.0 Å². The molecule has 2 N–H and O–H groups in total. The van der Waals surface area contributed by atoms with Crippen LogP contribution in [0, 0.1) is 6.92 Å². The van der Waals surface area contributed by atoms with Crippen molar-refractivity contribution in [3.8, 4) is 0 Å². The zero-order valence-corrected chi connectivity index (χ0v) is 12.2. The van der Waals surface area contributed by atoms with E-state index >= 15 is 0 Å². The Kier molecular flexibility index (Phi) is 6.77. The Hall–Kier alpha value is -1.84. The van der Waals surface area contributed by atoms with Gasteiger partial charge in [-0.05, 0) is 24.5 Å². The van der Waals surface area contributed by atoms with Gasteiger partial charge < -0.3 is 10.4 Å². The minimum absolute atomic E-state index is 0.0760. The number of carboxylic acid groups (broad SMARTS) is 1. The first-order chi connectivity index (χ1) is 9.54. The van der Waals surface area contributed by atoms with Gasteiger partial charge in [-0.25, -0.2) is 0 Å². The molecule has 0 saturated heterocycles. The Labute approximate surface area is 120 Å². The smallest absolute Gasteiger partial charge is 0.305 e. The molecule has 0 fully saturated rings. The maximum Gasteiger partial charge on any atom is 0.305 e. The number of rotatable bonds is 8. The fourth-order valence-electron chi connectivity index (χ4n) is 2.19. The topological polar surface area (TPSA) is 66.4 Å². The molecular formula is C16H23NO3.